The van der Waals surface area contributed by atoms with Gasteiger partial charge < -0.3 is 10.5 Å². The average molecular weight is 287 g/mol. The standard InChI is InChI=1S/C18H22FNO/c1-2-3-5-14-8-10-17(11-9-14)21-13-16-7-4-6-15(12-20)18(16)19/h4,6-11H,2-3,5,12-13,20H2,1H3. The van der Waals surface area contributed by atoms with E-state index in [1.165, 1.54) is 18.4 Å². The van der Waals surface area contributed by atoms with Crippen molar-refractivity contribution in [3.05, 3.63) is 65.0 Å². The summed E-state index contributed by atoms with van der Waals surface area (Å²) >= 11 is 0. The van der Waals surface area contributed by atoms with Crippen LogP contribution in [-0.4, -0.2) is 0 Å². The predicted molar refractivity (Wildman–Crippen MR) is 83.7 cm³/mol. The molecule has 0 heterocycles. The lowest BCUT2D eigenvalue weighted by Gasteiger charge is -2.10. The molecule has 0 aromatic heterocycles. The van der Waals surface area contributed by atoms with Gasteiger partial charge in [0.25, 0.3) is 0 Å². The van der Waals surface area contributed by atoms with Crippen molar-refractivity contribution in [2.24, 2.45) is 5.73 Å². The number of unbranched alkanes of at least 4 members (excludes halogenated alkanes) is 1. The first kappa shape index (κ1) is 15.5. The highest BCUT2D eigenvalue weighted by Crippen LogP contribution is 2.18. The Balaban J connectivity index is 1.97. The Morgan fingerprint density at radius 1 is 1.05 bits per heavy atom. The number of aryl methyl sites for hydroxylation is 1. The zero-order valence-electron chi connectivity index (χ0n) is 12.4. The molecule has 0 saturated heterocycles. The van der Waals surface area contributed by atoms with Crippen LogP contribution >= 0.6 is 0 Å². The van der Waals surface area contributed by atoms with Crippen LogP contribution in [0, 0.1) is 5.82 Å². The number of hydrogen-bond donors (Lipinski definition) is 1. The lowest BCUT2D eigenvalue weighted by Crippen LogP contribution is -2.05. The molecule has 2 aromatic carbocycles. The monoisotopic (exact) mass is 287 g/mol. The molecule has 0 spiro atoms. The van der Waals surface area contributed by atoms with Gasteiger partial charge in [-0.1, -0.05) is 43.7 Å². The molecular formula is C18H22FNO. The summed E-state index contributed by atoms with van der Waals surface area (Å²) in [5.74, 6) is 0.493. The molecule has 0 aliphatic rings. The molecule has 0 aliphatic carbocycles. The maximum absolute atomic E-state index is 14.0. The fourth-order valence-corrected chi connectivity index (χ4v) is 2.20. The smallest absolute Gasteiger partial charge is 0.134 e. The van der Waals surface area contributed by atoms with Crippen molar-refractivity contribution in [1.82, 2.24) is 0 Å². The van der Waals surface area contributed by atoms with Crippen LogP contribution < -0.4 is 10.5 Å². The van der Waals surface area contributed by atoms with Gasteiger partial charge in [-0.25, -0.2) is 4.39 Å². The molecule has 0 fully saturated rings. The van der Waals surface area contributed by atoms with Gasteiger partial charge in [0.2, 0.25) is 0 Å². The van der Waals surface area contributed by atoms with Crippen molar-refractivity contribution >= 4 is 0 Å². The first-order valence-corrected chi connectivity index (χ1v) is 7.42. The van der Waals surface area contributed by atoms with E-state index in [0.717, 1.165) is 12.2 Å². The van der Waals surface area contributed by atoms with Gasteiger partial charge in [-0.3, -0.25) is 0 Å². The lowest BCUT2D eigenvalue weighted by molar-refractivity contribution is 0.299. The molecule has 2 aromatic rings. The number of ether oxygens (including phenoxy) is 1. The highest BCUT2D eigenvalue weighted by atomic mass is 19.1. The van der Waals surface area contributed by atoms with E-state index in [2.05, 4.69) is 19.1 Å². The largest absolute Gasteiger partial charge is 0.489 e. The molecule has 0 saturated carbocycles. The maximum Gasteiger partial charge on any atom is 0.134 e. The third-order valence-corrected chi connectivity index (χ3v) is 3.52. The fraction of sp³-hybridized carbons (Fsp3) is 0.333. The van der Waals surface area contributed by atoms with Crippen LogP contribution in [0.5, 0.6) is 5.75 Å². The minimum Gasteiger partial charge on any atom is -0.489 e. The van der Waals surface area contributed by atoms with Crippen molar-refractivity contribution in [1.29, 1.82) is 0 Å². The molecule has 0 radical (unpaired) electrons. The first-order chi connectivity index (χ1) is 10.2. The second-order valence-corrected chi connectivity index (χ2v) is 5.13. The number of nitrogens with two attached hydrogens (primary N) is 1. The van der Waals surface area contributed by atoms with Crippen LogP contribution in [0.1, 0.15) is 36.5 Å². The molecule has 0 bridgehead atoms. The van der Waals surface area contributed by atoms with Crippen LogP contribution in [0.2, 0.25) is 0 Å². The second kappa shape index (κ2) is 7.79. The topological polar surface area (TPSA) is 35.2 Å². The van der Waals surface area contributed by atoms with Gasteiger partial charge in [-0.15, -0.1) is 0 Å². The van der Waals surface area contributed by atoms with Gasteiger partial charge in [0.15, 0.2) is 0 Å². The Morgan fingerprint density at radius 2 is 1.76 bits per heavy atom. The Morgan fingerprint density at radius 3 is 2.43 bits per heavy atom. The molecule has 112 valence electrons. The van der Waals surface area contributed by atoms with Crippen LogP contribution in [0.25, 0.3) is 0 Å². The molecular weight excluding hydrogens is 265 g/mol. The molecule has 2 nitrogen and oxygen atoms in total. The minimum atomic E-state index is -0.264. The number of hydrogen-bond acceptors (Lipinski definition) is 2. The summed E-state index contributed by atoms with van der Waals surface area (Å²) in [6, 6.07) is 13.2. The Hall–Kier alpha value is -1.87. The molecule has 2 N–H and O–H groups in total. The van der Waals surface area contributed by atoms with Crippen molar-refractivity contribution in [2.75, 3.05) is 0 Å². The average Bonchev–Trinajstić information content (AvgIpc) is 2.53. The van der Waals surface area contributed by atoms with E-state index in [-0.39, 0.29) is 19.0 Å². The predicted octanol–water partition coefficient (Wildman–Crippen LogP) is 4.21. The van der Waals surface area contributed by atoms with Gasteiger partial charge in [0.05, 0.1) is 0 Å². The third-order valence-electron chi connectivity index (χ3n) is 3.52. The van der Waals surface area contributed by atoms with E-state index in [4.69, 9.17) is 10.5 Å². The molecule has 2 rings (SSSR count). The highest BCUT2D eigenvalue weighted by Gasteiger charge is 2.07. The van der Waals surface area contributed by atoms with Gasteiger partial charge >= 0.3 is 0 Å². The quantitative estimate of drug-likeness (QED) is 0.828. The lowest BCUT2D eigenvalue weighted by atomic mass is 10.1. The van der Waals surface area contributed by atoms with Crippen molar-refractivity contribution < 1.29 is 9.13 Å². The molecule has 0 amide bonds. The molecule has 21 heavy (non-hydrogen) atoms. The first-order valence-electron chi connectivity index (χ1n) is 7.42. The molecule has 3 heteroatoms. The summed E-state index contributed by atoms with van der Waals surface area (Å²) in [6.07, 6.45) is 3.47. The number of rotatable bonds is 7. The van der Waals surface area contributed by atoms with Gasteiger partial charge in [-0.2, -0.15) is 0 Å². The molecule has 0 atom stereocenters. The zero-order valence-corrected chi connectivity index (χ0v) is 12.4. The van der Waals surface area contributed by atoms with Gasteiger partial charge in [0.1, 0.15) is 18.2 Å². The number of benzene rings is 2. The summed E-state index contributed by atoms with van der Waals surface area (Å²) in [7, 11) is 0. The minimum absolute atomic E-state index is 0.200. The summed E-state index contributed by atoms with van der Waals surface area (Å²) in [4.78, 5) is 0. The third kappa shape index (κ3) is 4.30. The molecule has 0 aliphatic heterocycles. The van der Waals surface area contributed by atoms with E-state index in [0.29, 0.717) is 11.1 Å². The molecule has 0 unspecified atom stereocenters. The Bertz CT molecular complexity index is 566. The van der Waals surface area contributed by atoms with E-state index >= 15 is 0 Å². The summed E-state index contributed by atoms with van der Waals surface area (Å²) in [5, 5.41) is 0. The van der Waals surface area contributed by atoms with Crippen LogP contribution in [0.3, 0.4) is 0 Å². The highest BCUT2D eigenvalue weighted by molar-refractivity contribution is 5.29. The maximum atomic E-state index is 14.0. The normalized spacial score (nSPS) is 10.6. The SMILES string of the molecule is CCCCc1ccc(OCc2cccc(CN)c2F)cc1. The van der Waals surface area contributed by atoms with Crippen molar-refractivity contribution in [3.8, 4) is 5.75 Å². The van der Waals surface area contributed by atoms with Crippen LogP contribution in [0.4, 0.5) is 4.39 Å². The van der Waals surface area contributed by atoms with E-state index in [1.807, 2.05) is 12.1 Å². The van der Waals surface area contributed by atoms with Gasteiger partial charge in [0, 0.05) is 17.7 Å². The summed E-state index contributed by atoms with van der Waals surface area (Å²) in [6.45, 7) is 2.60. The van der Waals surface area contributed by atoms with Crippen molar-refractivity contribution in [3.63, 3.8) is 0 Å². The zero-order chi connectivity index (χ0) is 15.1. The van der Waals surface area contributed by atoms with E-state index in [9.17, 15) is 4.39 Å². The fourth-order valence-electron chi connectivity index (χ4n) is 2.20. The van der Waals surface area contributed by atoms with Gasteiger partial charge in [-0.05, 0) is 30.5 Å². The second-order valence-electron chi connectivity index (χ2n) is 5.13. The summed E-state index contributed by atoms with van der Waals surface area (Å²) < 4.78 is 19.7. The van der Waals surface area contributed by atoms with E-state index < -0.39 is 0 Å². The Kier molecular flexibility index (Phi) is 5.76. The van der Waals surface area contributed by atoms with Crippen LogP contribution in [0.15, 0.2) is 42.5 Å². The number of halogens is 1. The van der Waals surface area contributed by atoms with Crippen molar-refractivity contribution in [2.45, 2.75) is 39.3 Å². The summed E-state index contributed by atoms with van der Waals surface area (Å²) in [5.41, 5.74) is 7.86. The van der Waals surface area contributed by atoms with Crippen LogP contribution in [-0.2, 0) is 19.6 Å². The van der Waals surface area contributed by atoms with E-state index in [1.54, 1.807) is 18.2 Å². The Labute approximate surface area is 125 Å².